The maximum absolute atomic E-state index is 4.25. The Bertz CT molecular complexity index is 270. The molecule has 0 spiro atoms. The summed E-state index contributed by atoms with van der Waals surface area (Å²) in [5.74, 6) is 0.936. The van der Waals surface area contributed by atoms with Crippen molar-refractivity contribution in [2.75, 3.05) is 31.5 Å². The van der Waals surface area contributed by atoms with E-state index in [1.54, 1.807) is 6.20 Å². The van der Waals surface area contributed by atoms with Gasteiger partial charge in [0, 0.05) is 23.8 Å². The fourth-order valence-corrected chi connectivity index (χ4v) is 1.60. The first-order chi connectivity index (χ1) is 7.26. The van der Waals surface area contributed by atoms with Gasteiger partial charge in [-0.2, -0.15) is 0 Å². The molecule has 0 atom stereocenters. The zero-order chi connectivity index (χ0) is 11.1. The predicted molar refractivity (Wildman–Crippen MR) is 68.2 cm³/mol. The molecule has 0 aliphatic rings. The molecular weight excluding hydrogens is 254 g/mol. The number of anilines is 1. The van der Waals surface area contributed by atoms with Crippen molar-refractivity contribution in [2.45, 2.75) is 13.8 Å². The highest BCUT2D eigenvalue weighted by Crippen LogP contribution is 2.09. The largest absolute Gasteiger partial charge is 0.369 e. The Morgan fingerprint density at radius 2 is 2.07 bits per heavy atom. The molecule has 0 unspecified atom stereocenters. The van der Waals surface area contributed by atoms with Gasteiger partial charge in [-0.1, -0.05) is 13.8 Å². The molecule has 1 N–H and O–H groups in total. The summed E-state index contributed by atoms with van der Waals surface area (Å²) in [5.41, 5.74) is 0. The van der Waals surface area contributed by atoms with Gasteiger partial charge in [-0.3, -0.25) is 0 Å². The van der Waals surface area contributed by atoms with Gasteiger partial charge in [-0.05, 0) is 41.2 Å². The lowest BCUT2D eigenvalue weighted by atomic mass is 10.4. The normalized spacial score (nSPS) is 10.7. The van der Waals surface area contributed by atoms with Crippen molar-refractivity contribution in [3.05, 3.63) is 22.8 Å². The van der Waals surface area contributed by atoms with Crippen LogP contribution in [-0.4, -0.2) is 36.1 Å². The molecule has 0 radical (unpaired) electrons. The summed E-state index contributed by atoms with van der Waals surface area (Å²) in [7, 11) is 0. The first kappa shape index (κ1) is 12.5. The maximum Gasteiger partial charge on any atom is 0.126 e. The zero-order valence-electron chi connectivity index (χ0n) is 9.33. The molecule has 0 amide bonds. The molecule has 15 heavy (non-hydrogen) atoms. The standard InChI is InChI=1S/C11H18BrN3/c1-3-15(4-2)8-7-13-11-6-5-10(12)9-14-11/h5-6,9H,3-4,7-8H2,1-2H3,(H,13,14). The summed E-state index contributed by atoms with van der Waals surface area (Å²) in [4.78, 5) is 6.63. The van der Waals surface area contributed by atoms with Crippen LogP contribution in [0.15, 0.2) is 22.8 Å². The first-order valence-electron chi connectivity index (χ1n) is 5.34. The molecule has 0 aliphatic carbocycles. The van der Waals surface area contributed by atoms with Gasteiger partial charge >= 0.3 is 0 Å². The van der Waals surface area contributed by atoms with Crippen molar-refractivity contribution >= 4 is 21.7 Å². The molecule has 0 saturated heterocycles. The van der Waals surface area contributed by atoms with Crippen LogP contribution in [0, 0.1) is 0 Å². The van der Waals surface area contributed by atoms with Crippen molar-refractivity contribution in [2.24, 2.45) is 0 Å². The summed E-state index contributed by atoms with van der Waals surface area (Å²) < 4.78 is 1.01. The minimum absolute atomic E-state index is 0.936. The van der Waals surface area contributed by atoms with Crippen LogP contribution in [0.4, 0.5) is 5.82 Å². The smallest absolute Gasteiger partial charge is 0.126 e. The minimum atomic E-state index is 0.936. The minimum Gasteiger partial charge on any atom is -0.369 e. The van der Waals surface area contributed by atoms with Gasteiger partial charge in [0.1, 0.15) is 5.82 Å². The van der Waals surface area contributed by atoms with Crippen LogP contribution in [0.3, 0.4) is 0 Å². The van der Waals surface area contributed by atoms with Gasteiger partial charge in [-0.25, -0.2) is 4.98 Å². The van der Waals surface area contributed by atoms with Gasteiger partial charge in [0.2, 0.25) is 0 Å². The van der Waals surface area contributed by atoms with E-state index in [4.69, 9.17) is 0 Å². The molecule has 1 aromatic heterocycles. The number of likely N-dealkylation sites (N-methyl/N-ethyl adjacent to an activating group) is 1. The second-order valence-electron chi connectivity index (χ2n) is 3.32. The summed E-state index contributed by atoms with van der Waals surface area (Å²) in [6, 6.07) is 3.97. The Balaban J connectivity index is 2.28. The van der Waals surface area contributed by atoms with E-state index < -0.39 is 0 Å². The van der Waals surface area contributed by atoms with E-state index in [1.165, 1.54) is 0 Å². The van der Waals surface area contributed by atoms with Crippen molar-refractivity contribution in [3.63, 3.8) is 0 Å². The van der Waals surface area contributed by atoms with Crippen molar-refractivity contribution in [1.82, 2.24) is 9.88 Å². The Morgan fingerprint density at radius 3 is 2.60 bits per heavy atom. The van der Waals surface area contributed by atoms with Crippen molar-refractivity contribution < 1.29 is 0 Å². The Morgan fingerprint density at radius 1 is 1.33 bits per heavy atom. The van der Waals surface area contributed by atoms with E-state index in [-0.39, 0.29) is 0 Å². The number of hydrogen-bond acceptors (Lipinski definition) is 3. The third kappa shape index (κ3) is 4.62. The van der Waals surface area contributed by atoms with Crippen LogP contribution >= 0.6 is 15.9 Å². The van der Waals surface area contributed by atoms with Crippen molar-refractivity contribution in [3.8, 4) is 0 Å². The highest BCUT2D eigenvalue weighted by atomic mass is 79.9. The third-order valence-electron chi connectivity index (χ3n) is 2.36. The van der Waals surface area contributed by atoms with Gasteiger partial charge in [0.25, 0.3) is 0 Å². The van der Waals surface area contributed by atoms with E-state index in [9.17, 15) is 0 Å². The van der Waals surface area contributed by atoms with Gasteiger partial charge in [-0.15, -0.1) is 0 Å². The van der Waals surface area contributed by atoms with E-state index in [1.807, 2.05) is 12.1 Å². The average molecular weight is 272 g/mol. The molecule has 0 aliphatic heterocycles. The fourth-order valence-electron chi connectivity index (χ4n) is 1.36. The first-order valence-corrected chi connectivity index (χ1v) is 6.13. The number of hydrogen-bond donors (Lipinski definition) is 1. The second kappa shape index (κ2) is 6.80. The van der Waals surface area contributed by atoms with Crippen LogP contribution in [0.1, 0.15) is 13.8 Å². The lowest BCUT2D eigenvalue weighted by molar-refractivity contribution is 0.316. The summed E-state index contributed by atoms with van der Waals surface area (Å²) in [6.07, 6.45) is 1.81. The van der Waals surface area contributed by atoms with E-state index in [0.717, 1.165) is 36.5 Å². The maximum atomic E-state index is 4.25. The predicted octanol–water partition coefficient (Wildman–Crippen LogP) is 2.60. The molecule has 84 valence electrons. The van der Waals surface area contributed by atoms with E-state index in [2.05, 4.69) is 45.0 Å². The molecule has 1 rings (SSSR count). The third-order valence-corrected chi connectivity index (χ3v) is 2.83. The number of nitrogens with one attached hydrogen (secondary N) is 1. The van der Waals surface area contributed by atoms with Gasteiger partial charge in [0.15, 0.2) is 0 Å². The molecule has 4 heteroatoms. The van der Waals surface area contributed by atoms with Crippen LogP contribution in [0.25, 0.3) is 0 Å². The average Bonchev–Trinajstić information content (AvgIpc) is 2.27. The molecule has 0 fully saturated rings. The Kier molecular flexibility index (Phi) is 5.65. The number of halogens is 1. The fraction of sp³-hybridized carbons (Fsp3) is 0.545. The lowest BCUT2D eigenvalue weighted by Gasteiger charge is -2.18. The van der Waals surface area contributed by atoms with Crippen molar-refractivity contribution in [1.29, 1.82) is 0 Å². The lowest BCUT2D eigenvalue weighted by Crippen LogP contribution is -2.28. The second-order valence-corrected chi connectivity index (χ2v) is 4.23. The highest BCUT2D eigenvalue weighted by molar-refractivity contribution is 9.10. The topological polar surface area (TPSA) is 28.2 Å². The molecule has 0 saturated carbocycles. The monoisotopic (exact) mass is 271 g/mol. The van der Waals surface area contributed by atoms with Crippen LogP contribution in [0.2, 0.25) is 0 Å². The molecule has 1 heterocycles. The van der Waals surface area contributed by atoms with E-state index in [0.29, 0.717) is 0 Å². The SMILES string of the molecule is CCN(CC)CCNc1ccc(Br)cn1. The number of pyridine rings is 1. The van der Waals surface area contributed by atoms with E-state index >= 15 is 0 Å². The quantitative estimate of drug-likeness (QED) is 0.862. The number of aromatic nitrogens is 1. The highest BCUT2D eigenvalue weighted by Gasteiger charge is 1.98. The Hall–Kier alpha value is -0.610. The van der Waals surface area contributed by atoms with Gasteiger partial charge in [0.05, 0.1) is 0 Å². The van der Waals surface area contributed by atoms with Crippen LogP contribution in [0.5, 0.6) is 0 Å². The zero-order valence-corrected chi connectivity index (χ0v) is 10.9. The van der Waals surface area contributed by atoms with Crippen LogP contribution in [-0.2, 0) is 0 Å². The number of nitrogens with zero attached hydrogens (tertiary/aromatic N) is 2. The molecule has 3 nitrogen and oxygen atoms in total. The summed E-state index contributed by atoms with van der Waals surface area (Å²) in [6.45, 7) is 8.57. The summed E-state index contributed by atoms with van der Waals surface area (Å²) in [5, 5.41) is 3.30. The Labute approximate surface area is 100 Å². The molecule has 1 aromatic rings. The van der Waals surface area contributed by atoms with Gasteiger partial charge < -0.3 is 10.2 Å². The molecule has 0 bridgehead atoms. The summed E-state index contributed by atoms with van der Waals surface area (Å²) >= 11 is 3.36. The van der Waals surface area contributed by atoms with Crippen LogP contribution < -0.4 is 5.32 Å². The molecule has 0 aromatic carbocycles. The molecular formula is C11H18BrN3. The number of rotatable bonds is 6.